The smallest absolute Gasteiger partial charge is 0.425 e. The van der Waals surface area contributed by atoms with E-state index in [0.29, 0.717) is 0 Å². The molecule has 0 aromatic heterocycles. The molecule has 53 heteroatoms. The first kappa shape index (κ1) is 95.6. The summed E-state index contributed by atoms with van der Waals surface area (Å²) in [4.78, 5) is 67.0. The molecule has 0 unspecified atom stereocenters. The van der Waals surface area contributed by atoms with Gasteiger partial charge in [0.1, 0.15) is 43.1 Å². The molecule has 0 aliphatic heterocycles. The first-order valence-electron chi connectivity index (χ1n) is 24.5. The van der Waals surface area contributed by atoms with Crippen LogP contribution in [0.2, 0.25) is 0 Å². The van der Waals surface area contributed by atoms with E-state index in [2.05, 4.69) is 76.6 Å². The van der Waals surface area contributed by atoms with E-state index in [0.717, 1.165) is 20.8 Å². The van der Waals surface area contributed by atoms with Gasteiger partial charge in [0.15, 0.2) is 39.6 Å². The summed E-state index contributed by atoms with van der Waals surface area (Å²) in [5.41, 5.74) is -9.78. The van der Waals surface area contributed by atoms with Gasteiger partial charge in [-0.15, -0.1) is 0 Å². The van der Waals surface area contributed by atoms with Crippen LogP contribution in [0.5, 0.6) is 0 Å². The van der Waals surface area contributed by atoms with Crippen molar-refractivity contribution in [1.29, 1.82) is 0 Å². The molecule has 18 nitrogen and oxygen atoms in total. The summed E-state index contributed by atoms with van der Waals surface area (Å²) in [7, 11) is 0. The molecule has 0 rings (SSSR count). The third kappa shape index (κ3) is 28.0. The summed E-state index contributed by atoms with van der Waals surface area (Å²) in [6.07, 6.45) is -56.1. The lowest BCUT2D eigenvalue weighted by molar-refractivity contribution is -0.445. The minimum Gasteiger partial charge on any atom is -0.456 e. The highest BCUT2D eigenvalue weighted by molar-refractivity contribution is 5.90. The largest absolute Gasteiger partial charge is 0.456 e. The van der Waals surface area contributed by atoms with E-state index >= 15 is 8.78 Å². The van der Waals surface area contributed by atoms with E-state index in [1.807, 2.05) is 19.7 Å². The standard InChI is InChI=1S/C24H16F22O9.C24H25F13O9/c1-9(19(32,33)34)12(47)50-6-16(26,27)22(41,42)53-4-15(25,55-24(45,46)18(30,31)8-52-14(49)11(3)21(38,39)40)5-54-23(43,44)17(28,29)7-51-13(48)10(2)20(35,36)37;1-12(2)15(38)41-9-19(26,27)22(32,33)44-7-18(25,46-24(36,37)21(30,31)11-43-17(40)14(5)6)8-45-23(34,35)20(28,29)10-42-16(39)13(3)4/h1-8H2;1,3,5,7-11H2,2,4,6H3. The molecule has 0 aliphatic carbocycles. The molecular formula is C48H41F35O18. The zero-order chi connectivity index (χ0) is 81.0. The van der Waals surface area contributed by atoms with Crippen molar-refractivity contribution in [2.75, 3.05) is 66.1 Å². The first-order valence-corrected chi connectivity index (χ1v) is 24.5. The highest BCUT2D eigenvalue weighted by Gasteiger charge is 2.69. The van der Waals surface area contributed by atoms with Gasteiger partial charge in [0.05, 0.1) is 0 Å². The van der Waals surface area contributed by atoms with Gasteiger partial charge in [0.25, 0.3) is 11.7 Å². The number of carbonyl (C=O) groups is 6. The molecule has 0 bridgehead atoms. The van der Waals surface area contributed by atoms with E-state index in [1.165, 1.54) is 0 Å². The van der Waals surface area contributed by atoms with Crippen LogP contribution in [-0.2, 0) is 85.6 Å². The van der Waals surface area contributed by atoms with Crippen LogP contribution in [0, 0.1) is 0 Å². The van der Waals surface area contributed by atoms with Gasteiger partial charge in [-0.3, -0.25) is 9.47 Å². The van der Waals surface area contributed by atoms with Crippen molar-refractivity contribution >= 4 is 35.8 Å². The summed E-state index contributed by atoms with van der Waals surface area (Å²) in [5, 5.41) is 0. The lowest BCUT2D eigenvalue weighted by Crippen LogP contribution is -2.57. The van der Waals surface area contributed by atoms with Gasteiger partial charge < -0.3 is 47.4 Å². The topological polar surface area (TPSA) is 213 Å². The fourth-order valence-corrected chi connectivity index (χ4v) is 4.45. The maximum absolute atomic E-state index is 15.3. The number of carbonyl (C=O) groups excluding carboxylic acids is 6. The Morgan fingerprint density at radius 1 is 0.228 bits per heavy atom. The van der Waals surface area contributed by atoms with Gasteiger partial charge in [-0.25, -0.2) is 37.5 Å². The number of esters is 6. The van der Waals surface area contributed by atoms with E-state index in [-0.39, 0.29) is 0 Å². The van der Waals surface area contributed by atoms with Crippen molar-refractivity contribution in [3.05, 3.63) is 72.9 Å². The van der Waals surface area contributed by atoms with Gasteiger partial charge >= 0.3 is 127 Å². The number of ether oxygens (including phenoxy) is 12. The van der Waals surface area contributed by atoms with Crippen LogP contribution in [-0.4, -0.2) is 204 Å². The highest BCUT2D eigenvalue weighted by atomic mass is 19.4. The predicted molar refractivity (Wildman–Crippen MR) is 249 cm³/mol. The second-order valence-corrected chi connectivity index (χ2v) is 19.2. The molecule has 0 aliphatic rings. The normalized spacial score (nSPS) is 14.0. The van der Waals surface area contributed by atoms with Gasteiger partial charge in [0.2, 0.25) is 0 Å². The second-order valence-electron chi connectivity index (χ2n) is 19.2. The molecule has 0 aromatic carbocycles. The van der Waals surface area contributed by atoms with Gasteiger partial charge in [-0.1, -0.05) is 39.5 Å². The third-order valence-corrected chi connectivity index (χ3v) is 10.2. The number of hydrogen-bond donors (Lipinski definition) is 0. The Morgan fingerprint density at radius 3 is 0.505 bits per heavy atom. The maximum atomic E-state index is 15.3. The minimum absolute atomic E-state index is 0.599. The van der Waals surface area contributed by atoms with Gasteiger partial charge in [-0.05, 0) is 20.8 Å². The van der Waals surface area contributed by atoms with E-state index in [9.17, 15) is 174 Å². The zero-order valence-electron chi connectivity index (χ0n) is 49.4. The zero-order valence-corrected chi connectivity index (χ0v) is 49.4. The maximum Gasteiger partial charge on any atom is 0.425 e. The Hall–Kier alpha value is -7.43. The summed E-state index contributed by atoms with van der Waals surface area (Å²) in [6, 6.07) is 0. The summed E-state index contributed by atoms with van der Waals surface area (Å²) >= 11 is 0. The molecule has 0 N–H and O–H groups in total. The van der Waals surface area contributed by atoms with Gasteiger partial charge in [-0.2, -0.15) is 145 Å². The second kappa shape index (κ2) is 33.3. The van der Waals surface area contributed by atoms with E-state index in [1.54, 1.807) is 0 Å². The number of rotatable bonds is 40. The monoisotopic (exact) mass is 1570 g/mol. The molecule has 586 valence electrons. The summed E-state index contributed by atoms with van der Waals surface area (Å²) < 4.78 is 518. The van der Waals surface area contributed by atoms with Crippen molar-refractivity contribution in [2.24, 2.45) is 0 Å². The Morgan fingerprint density at radius 2 is 0.366 bits per heavy atom. The fourth-order valence-electron chi connectivity index (χ4n) is 4.45. The Kier molecular flexibility index (Phi) is 31.6. The molecule has 101 heavy (non-hydrogen) atoms. The molecule has 0 aromatic rings. The Bertz CT molecular complexity index is 2880. The van der Waals surface area contributed by atoms with Crippen LogP contribution in [0.3, 0.4) is 0 Å². The molecule has 0 heterocycles. The molecule has 0 saturated carbocycles. The van der Waals surface area contributed by atoms with Crippen molar-refractivity contribution < 1.29 is 239 Å². The van der Waals surface area contributed by atoms with Crippen LogP contribution < -0.4 is 0 Å². The van der Waals surface area contributed by atoms with Crippen LogP contribution in [0.4, 0.5) is 154 Å². The van der Waals surface area contributed by atoms with Crippen LogP contribution >= 0.6 is 0 Å². The molecule has 0 fully saturated rings. The first-order chi connectivity index (χ1) is 44.3. The number of alkyl halides is 35. The Balaban J connectivity index is 0. The summed E-state index contributed by atoms with van der Waals surface area (Å²) in [5.74, 6) is -61.4. The lowest BCUT2D eigenvalue weighted by atomic mass is 10.2. The van der Waals surface area contributed by atoms with Crippen molar-refractivity contribution in [3.63, 3.8) is 0 Å². The van der Waals surface area contributed by atoms with Gasteiger partial charge in [0, 0.05) is 16.7 Å². The molecule has 0 atom stereocenters. The van der Waals surface area contributed by atoms with E-state index < -0.39 is 238 Å². The van der Waals surface area contributed by atoms with Crippen molar-refractivity contribution in [3.8, 4) is 0 Å². The SMILES string of the molecule is C=C(C(=O)OCC(F)(F)C(F)(F)OCC(F)(COC(F)(F)C(F)(F)COC(=O)C(=C)C(F)(F)F)OC(F)(F)C(F)(F)COC(=O)C(=C)C(F)(F)F)C(F)(F)F.C=C(C)C(=O)OCC(F)(F)C(F)(F)OCC(F)(COC(F)(F)C(F)(F)COC(=O)C(=C)C)OC(F)(F)C(F)(F)COC(=O)C(=C)C. The fraction of sp³-hybridized carbons (Fsp3) is 0.625. The van der Waals surface area contributed by atoms with Crippen molar-refractivity contribution in [2.45, 2.75) is 123 Å². The van der Waals surface area contributed by atoms with Crippen LogP contribution in [0.1, 0.15) is 20.8 Å². The minimum atomic E-state index is -6.94. The Labute approximate surface area is 537 Å². The summed E-state index contributed by atoms with van der Waals surface area (Å²) in [6.45, 7) is -13.9. The van der Waals surface area contributed by atoms with Crippen LogP contribution in [0.15, 0.2) is 72.9 Å². The lowest BCUT2D eigenvalue weighted by Gasteiger charge is -2.36. The molecule has 0 amide bonds. The van der Waals surface area contributed by atoms with Crippen molar-refractivity contribution in [1.82, 2.24) is 0 Å². The third-order valence-electron chi connectivity index (χ3n) is 10.2. The number of hydrogen-bond acceptors (Lipinski definition) is 18. The molecule has 0 radical (unpaired) electrons. The number of halogens is 35. The average molecular weight is 1570 g/mol. The molecular weight excluding hydrogens is 1530 g/mol. The quantitative estimate of drug-likeness (QED) is 0.0241. The highest BCUT2D eigenvalue weighted by Crippen LogP contribution is 2.47. The molecule has 0 spiro atoms. The van der Waals surface area contributed by atoms with E-state index in [4.69, 9.17) is 0 Å². The van der Waals surface area contributed by atoms with Crippen LogP contribution in [0.25, 0.3) is 0 Å². The molecule has 0 saturated heterocycles. The predicted octanol–water partition coefficient (Wildman–Crippen LogP) is 13.1. The average Bonchev–Trinajstić information content (AvgIpc) is 0.789.